The second-order valence-corrected chi connectivity index (χ2v) is 4.07. The molecule has 0 spiro atoms. The Kier molecular flexibility index (Phi) is 2.35. The van der Waals surface area contributed by atoms with Crippen molar-refractivity contribution in [3.05, 3.63) is 22.2 Å². The smallest absolute Gasteiger partial charge is 0.223 e. The minimum Gasteiger partial charge on any atom is -0.223 e. The molecule has 76 valence electrons. The van der Waals surface area contributed by atoms with E-state index in [0.29, 0.717) is 5.69 Å². The van der Waals surface area contributed by atoms with Crippen molar-refractivity contribution in [3.8, 4) is 0 Å². The minimum atomic E-state index is -2.56. The van der Waals surface area contributed by atoms with Crippen molar-refractivity contribution in [3.63, 3.8) is 0 Å². The third-order valence-corrected chi connectivity index (χ3v) is 2.56. The first-order valence-electron chi connectivity index (χ1n) is 4.04. The van der Waals surface area contributed by atoms with Gasteiger partial charge in [-0.2, -0.15) is 0 Å². The molecule has 1 saturated carbocycles. The third kappa shape index (κ3) is 1.96. The van der Waals surface area contributed by atoms with E-state index in [9.17, 15) is 8.78 Å². The van der Waals surface area contributed by atoms with Gasteiger partial charge in [0.15, 0.2) is 0 Å². The average Bonchev–Trinajstić information content (AvgIpc) is 1.97. The van der Waals surface area contributed by atoms with Gasteiger partial charge in [-0.05, 0) is 17.7 Å². The van der Waals surface area contributed by atoms with Crippen LogP contribution in [0.2, 0.25) is 10.4 Å². The number of halogens is 4. The van der Waals surface area contributed by atoms with Crippen molar-refractivity contribution in [2.75, 3.05) is 0 Å². The Morgan fingerprint density at radius 1 is 1.29 bits per heavy atom. The largest absolute Gasteiger partial charge is 0.249 e. The summed E-state index contributed by atoms with van der Waals surface area (Å²) in [5, 5.41) is 0.193. The molecule has 1 aromatic rings. The highest BCUT2D eigenvalue weighted by atomic mass is 35.5. The molecule has 0 aromatic carbocycles. The van der Waals surface area contributed by atoms with Gasteiger partial charge < -0.3 is 0 Å². The number of hydrogen-bond acceptors (Lipinski definition) is 2. The van der Waals surface area contributed by atoms with Gasteiger partial charge in [-0.3, -0.25) is 0 Å². The summed E-state index contributed by atoms with van der Waals surface area (Å²) in [5.74, 6) is -2.81. The molecular formula is C8H6Cl2F2N2. The lowest BCUT2D eigenvalue weighted by Crippen LogP contribution is -2.34. The van der Waals surface area contributed by atoms with Crippen LogP contribution in [-0.4, -0.2) is 15.9 Å². The Labute approximate surface area is 89.3 Å². The van der Waals surface area contributed by atoms with Crippen molar-refractivity contribution < 1.29 is 8.78 Å². The zero-order chi connectivity index (χ0) is 10.3. The van der Waals surface area contributed by atoms with Gasteiger partial charge in [0.05, 0.1) is 5.69 Å². The van der Waals surface area contributed by atoms with Crippen LogP contribution in [0.5, 0.6) is 0 Å². The highest BCUT2D eigenvalue weighted by molar-refractivity contribution is 6.31. The molecule has 1 aliphatic rings. The van der Waals surface area contributed by atoms with Gasteiger partial charge >= 0.3 is 0 Å². The molecule has 0 aliphatic heterocycles. The zero-order valence-corrected chi connectivity index (χ0v) is 8.49. The summed E-state index contributed by atoms with van der Waals surface area (Å²) in [7, 11) is 0. The zero-order valence-electron chi connectivity index (χ0n) is 6.98. The lowest BCUT2D eigenvalue weighted by atomic mass is 9.79. The van der Waals surface area contributed by atoms with Gasteiger partial charge in [-0.25, -0.2) is 18.7 Å². The van der Waals surface area contributed by atoms with E-state index in [-0.39, 0.29) is 29.2 Å². The van der Waals surface area contributed by atoms with Crippen molar-refractivity contribution >= 4 is 23.2 Å². The molecule has 2 nitrogen and oxygen atoms in total. The van der Waals surface area contributed by atoms with Gasteiger partial charge in [0, 0.05) is 18.8 Å². The number of hydrogen-bond donors (Lipinski definition) is 0. The highest BCUT2D eigenvalue weighted by Crippen LogP contribution is 2.47. The van der Waals surface area contributed by atoms with Gasteiger partial charge in [0.25, 0.3) is 0 Å². The number of nitrogens with zero attached hydrogens (tertiary/aromatic N) is 2. The Morgan fingerprint density at radius 2 is 1.93 bits per heavy atom. The van der Waals surface area contributed by atoms with Crippen LogP contribution in [0.25, 0.3) is 0 Å². The van der Waals surface area contributed by atoms with E-state index in [1.165, 1.54) is 6.07 Å². The molecule has 0 N–H and O–H groups in total. The van der Waals surface area contributed by atoms with E-state index in [1.54, 1.807) is 0 Å². The van der Waals surface area contributed by atoms with E-state index >= 15 is 0 Å². The van der Waals surface area contributed by atoms with Crippen molar-refractivity contribution in [2.24, 2.45) is 0 Å². The molecule has 14 heavy (non-hydrogen) atoms. The summed E-state index contributed by atoms with van der Waals surface area (Å²) in [6, 6.07) is 1.48. The molecule has 2 rings (SSSR count). The Hall–Kier alpha value is -0.480. The van der Waals surface area contributed by atoms with E-state index < -0.39 is 5.92 Å². The summed E-state index contributed by atoms with van der Waals surface area (Å²) in [6.07, 6.45) is -0.368. The van der Waals surface area contributed by atoms with E-state index in [0.717, 1.165) is 0 Å². The summed E-state index contributed by atoms with van der Waals surface area (Å²) < 4.78 is 25.1. The van der Waals surface area contributed by atoms with Crippen LogP contribution in [0, 0.1) is 0 Å². The van der Waals surface area contributed by atoms with Crippen LogP contribution >= 0.6 is 23.2 Å². The second kappa shape index (κ2) is 3.28. The lowest BCUT2D eigenvalue weighted by molar-refractivity contribution is -0.0876. The first-order valence-corrected chi connectivity index (χ1v) is 4.80. The predicted molar refractivity (Wildman–Crippen MR) is 49.0 cm³/mol. The number of alkyl halides is 2. The quantitative estimate of drug-likeness (QED) is 0.555. The molecule has 0 amide bonds. The maximum atomic E-state index is 12.6. The molecule has 0 bridgehead atoms. The molecule has 0 atom stereocenters. The van der Waals surface area contributed by atoms with Crippen LogP contribution in [0.15, 0.2) is 6.07 Å². The van der Waals surface area contributed by atoms with E-state index in [1.807, 2.05) is 0 Å². The topological polar surface area (TPSA) is 25.8 Å². The molecule has 6 heteroatoms. The second-order valence-electron chi connectivity index (χ2n) is 3.35. The molecule has 0 saturated heterocycles. The summed E-state index contributed by atoms with van der Waals surface area (Å²) >= 11 is 11.2. The predicted octanol–water partition coefficient (Wildman–Crippen LogP) is 3.30. The third-order valence-electron chi connectivity index (χ3n) is 2.20. The summed E-state index contributed by atoms with van der Waals surface area (Å²) in [5.41, 5.74) is 0.501. The standard InChI is InChI=1S/C8H6Cl2F2N2/c9-6-1-5(13-7(10)14-6)4-2-8(11,12)3-4/h1,4H,2-3H2. The van der Waals surface area contributed by atoms with Crippen LogP contribution in [-0.2, 0) is 0 Å². The maximum Gasteiger partial charge on any atom is 0.249 e. The Bertz CT molecular complexity index is 342. The van der Waals surface area contributed by atoms with Gasteiger partial charge in [0.2, 0.25) is 11.2 Å². The van der Waals surface area contributed by atoms with Gasteiger partial charge in [-0.15, -0.1) is 0 Å². The van der Waals surface area contributed by atoms with Gasteiger partial charge in [-0.1, -0.05) is 11.6 Å². The Morgan fingerprint density at radius 3 is 2.43 bits per heavy atom. The van der Waals surface area contributed by atoms with Crippen LogP contribution in [0.4, 0.5) is 8.78 Å². The molecule has 1 aliphatic carbocycles. The monoisotopic (exact) mass is 238 g/mol. The minimum absolute atomic E-state index is 0.00252. The maximum absolute atomic E-state index is 12.6. The highest BCUT2D eigenvalue weighted by Gasteiger charge is 2.46. The number of aromatic nitrogens is 2. The SMILES string of the molecule is FC1(F)CC(c2cc(Cl)nc(Cl)n2)C1. The first kappa shape index (κ1) is 10.1. The molecule has 1 heterocycles. The van der Waals surface area contributed by atoms with E-state index in [4.69, 9.17) is 23.2 Å². The van der Waals surface area contributed by atoms with Crippen LogP contribution in [0.1, 0.15) is 24.5 Å². The van der Waals surface area contributed by atoms with Gasteiger partial charge in [0.1, 0.15) is 5.15 Å². The molecule has 0 radical (unpaired) electrons. The van der Waals surface area contributed by atoms with Crippen LogP contribution in [0.3, 0.4) is 0 Å². The molecule has 1 aromatic heterocycles. The van der Waals surface area contributed by atoms with Crippen molar-refractivity contribution in [1.29, 1.82) is 0 Å². The molecule has 0 unspecified atom stereocenters. The lowest BCUT2D eigenvalue weighted by Gasteiger charge is -2.34. The molecule has 1 fully saturated rings. The fraction of sp³-hybridized carbons (Fsp3) is 0.500. The first-order chi connectivity index (χ1) is 6.46. The van der Waals surface area contributed by atoms with E-state index in [2.05, 4.69) is 9.97 Å². The fourth-order valence-corrected chi connectivity index (χ4v) is 1.91. The Balaban J connectivity index is 2.18. The normalized spacial score (nSPS) is 20.6. The molecular weight excluding hydrogens is 233 g/mol. The van der Waals surface area contributed by atoms with Crippen LogP contribution < -0.4 is 0 Å². The van der Waals surface area contributed by atoms with Crippen molar-refractivity contribution in [2.45, 2.75) is 24.7 Å². The summed E-state index contributed by atoms with van der Waals surface area (Å²) in [6.45, 7) is 0. The van der Waals surface area contributed by atoms with Crippen molar-refractivity contribution in [1.82, 2.24) is 9.97 Å². The fourth-order valence-electron chi connectivity index (χ4n) is 1.49. The summed E-state index contributed by atoms with van der Waals surface area (Å²) in [4.78, 5) is 7.50. The average molecular weight is 239 g/mol. The number of rotatable bonds is 1.